The highest BCUT2D eigenvalue weighted by Gasteiger charge is 2.18. The molecular weight excluding hydrogens is 392 g/mol. The third-order valence-electron chi connectivity index (χ3n) is 3.79. The average molecular weight is 409 g/mol. The largest absolute Gasteiger partial charge is 0.491 e. The van der Waals surface area contributed by atoms with Crippen molar-refractivity contribution in [3.63, 3.8) is 0 Å². The molecule has 8 nitrogen and oxygen atoms in total. The number of nitrogens with zero attached hydrogens (tertiary/aromatic N) is 3. The number of H-pyrrole nitrogens is 1. The fraction of sp³-hybridized carbons (Fsp3) is 0.312. The summed E-state index contributed by atoms with van der Waals surface area (Å²) in [6, 6.07) is 7.50. The van der Waals surface area contributed by atoms with E-state index in [1.165, 1.54) is 16.2 Å². The molecule has 0 amide bonds. The van der Waals surface area contributed by atoms with Gasteiger partial charge in [-0.1, -0.05) is 12.1 Å². The lowest BCUT2D eigenvalue weighted by atomic mass is 10.2. The summed E-state index contributed by atoms with van der Waals surface area (Å²) in [6.07, 6.45) is -0.870. The molecule has 132 valence electrons. The first kappa shape index (κ1) is 17.4. The van der Waals surface area contributed by atoms with E-state index in [-0.39, 0.29) is 24.3 Å². The molecule has 25 heavy (non-hydrogen) atoms. The second-order valence-electron chi connectivity index (χ2n) is 5.76. The summed E-state index contributed by atoms with van der Waals surface area (Å²) in [5.74, 6) is 0.661. The fourth-order valence-electron chi connectivity index (χ4n) is 2.54. The maximum absolute atomic E-state index is 12.1. The molecule has 0 bridgehead atoms. The Kier molecular flexibility index (Phi) is 4.78. The summed E-state index contributed by atoms with van der Waals surface area (Å²) < 4.78 is 8.69. The van der Waals surface area contributed by atoms with E-state index < -0.39 is 17.4 Å². The lowest BCUT2D eigenvalue weighted by Crippen LogP contribution is -2.30. The second-order valence-corrected chi connectivity index (χ2v) is 6.47. The van der Waals surface area contributed by atoms with Crippen molar-refractivity contribution < 1.29 is 9.84 Å². The Morgan fingerprint density at radius 2 is 2.16 bits per heavy atom. The topological polar surface area (TPSA) is 102 Å². The van der Waals surface area contributed by atoms with Gasteiger partial charge in [-0.3, -0.25) is 14.3 Å². The van der Waals surface area contributed by atoms with Crippen molar-refractivity contribution in [2.24, 2.45) is 7.05 Å². The molecule has 1 unspecified atom stereocenters. The minimum atomic E-state index is -0.870. The zero-order valence-corrected chi connectivity index (χ0v) is 15.3. The van der Waals surface area contributed by atoms with E-state index in [9.17, 15) is 14.7 Å². The van der Waals surface area contributed by atoms with Gasteiger partial charge in [0.05, 0.1) is 6.54 Å². The van der Waals surface area contributed by atoms with Gasteiger partial charge >= 0.3 is 5.69 Å². The number of ether oxygens (including phenoxy) is 1. The van der Waals surface area contributed by atoms with Crippen LogP contribution in [0.3, 0.4) is 0 Å². The Balaban J connectivity index is 1.83. The number of aromatic amines is 1. The van der Waals surface area contributed by atoms with Gasteiger partial charge < -0.3 is 14.4 Å². The molecule has 0 radical (unpaired) electrons. The Hall–Kier alpha value is -2.39. The van der Waals surface area contributed by atoms with Crippen LogP contribution in [0, 0.1) is 6.92 Å². The normalized spacial score (nSPS) is 12.5. The Morgan fingerprint density at radius 3 is 2.88 bits per heavy atom. The predicted octanol–water partition coefficient (Wildman–Crippen LogP) is 0.934. The SMILES string of the molecule is Cc1cccc(OCC(O)Cn2c(Br)nc3c2c(=O)[nH]c(=O)n3C)c1. The number of halogens is 1. The summed E-state index contributed by atoms with van der Waals surface area (Å²) in [5, 5.41) is 10.3. The van der Waals surface area contributed by atoms with Crippen molar-refractivity contribution in [1.29, 1.82) is 0 Å². The lowest BCUT2D eigenvalue weighted by molar-refractivity contribution is 0.0928. The Bertz CT molecular complexity index is 1040. The third kappa shape index (κ3) is 3.52. The highest BCUT2D eigenvalue weighted by Crippen LogP contribution is 2.17. The molecule has 2 N–H and O–H groups in total. The number of aliphatic hydroxyl groups excluding tert-OH is 1. The smallest absolute Gasteiger partial charge is 0.329 e. The second kappa shape index (κ2) is 6.85. The zero-order chi connectivity index (χ0) is 18.1. The monoisotopic (exact) mass is 408 g/mol. The first-order valence-corrected chi connectivity index (χ1v) is 8.38. The first-order valence-electron chi connectivity index (χ1n) is 7.59. The Morgan fingerprint density at radius 1 is 1.40 bits per heavy atom. The maximum Gasteiger partial charge on any atom is 0.329 e. The van der Waals surface area contributed by atoms with Gasteiger partial charge in [-0.05, 0) is 40.5 Å². The summed E-state index contributed by atoms with van der Waals surface area (Å²) in [7, 11) is 1.52. The van der Waals surface area contributed by atoms with Crippen molar-refractivity contribution in [2.45, 2.75) is 19.6 Å². The predicted molar refractivity (Wildman–Crippen MR) is 96.0 cm³/mol. The van der Waals surface area contributed by atoms with E-state index in [1.54, 1.807) is 0 Å². The quantitative estimate of drug-likeness (QED) is 0.611. The van der Waals surface area contributed by atoms with E-state index in [0.29, 0.717) is 10.5 Å². The van der Waals surface area contributed by atoms with Crippen molar-refractivity contribution >= 4 is 27.1 Å². The average Bonchev–Trinajstić information content (AvgIpc) is 2.88. The summed E-state index contributed by atoms with van der Waals surface area (Å²) in [6.45, 7) is 2.10. The van der Waals surface area contributed by atoms with Crippen LogP contribution >= 0.6 is 15.9 Å². The van der Waals surface area contributed by atoms with Gasteiger partial charge in [-0.2, -0.15) is 0 Å². The molecule has 3 rings (SSSR count). The van der Waals surface area contributed by atoms with Gasteiger partial charge in [0.25, 0.3) is 5.56 Å². The summed E-state index contributed by atoms with van der Waals surface area (Å²) in [4.78, 5) is 30.2. The number of hydrogen-bond acceptors (Lipinski definition) is 5. The van der Waals surface area contributed by atoms with E-state index in [2.05, 4.69) is 25.9 Å². The van der Waals surface area contributed by atoms with Crippen LogP contribution in [-0.2, 0) is 13.6 Å². The molecule has 2 heterocycles. The van der Waals surface area contributed by atoms with Crippen LogP contribution in [0.1, 0.15) is 5.56 Å². The number of rotatable bonds is 5. The number of hydrogen-bond donors (Lipinski definition) is 2. The highest BCUT2D eigenvalue weighted by molar-refractivity contribution is 9.10. The highest BCUT2D eigenvalue weighted by atomic mass is 79.9. The van der Waals surface area contributed by atoms with Crippen LogP contribution < -0.4 is 16.0 Å². The van der Waals surface area contributed by atoms with Crippen LogP contribution in [0.5, 0.6) is 5.75 Å². The van der Waals surface area contributed by atoms with E-state index in [0.717, 1.165) is 5.56 Å². The molecule has 0 aliphatic carbocycles. The van der Waals surface area contributed by atoms with Crippen molar-refractivity contribution in [1.82, 2.24) is 19.1 Å². The number of aromatic nitrogens is 4. The molecule has 3 aromatic rings. The van der Waals surface area contributed by atoms with E-state index >= 15 is 0 Å². The lowest BCUT2D eigenvalue weighted by Gasteiger charge is -2.14. The number of fused-ring (bicyclic) bond motifs is 1. The molecule has 1 aromatic carbocycles. The molecule has 1 atom stereocenters. The standard InChI is InChI=1S/C16H17BrN4O4/c1-9-4-3-5-11(6-9)25-8-10(22)7-21-12-13(18-15(21)17)20(2)16(24)19-14(12)23/h3-6,10,22H,7-8H2,1-2H3,(H,19,23,24). The van der Waals surface area contributed by atoms with Gasteiger partial charge in [0.1, 0.15) is 18.5 Å². The Labute approximate surface area is 150 Å². The number of nitrogens with one attached hydrogen (secondary N) is 1. The van der Waals surface area contributed by atoms with Crippen LogP contribution in [0.4, 0.5) is 0 Å². The molecule has 0 aliphatic heterocycles. The molecule has 0 fully saturated rings. The number of aliphatic hydroxyl groups is 1. The van der Waals surface area contributed by atoms with Crippen LogP contribution in [0.2, 0.25) is 0 Å². The van der Waals surface area contributed by atoms with E-state index in [4.69, 9.17) is 4.74 Å². The molecule has 2 aromatic heterocycles. The van der Waals surface area contributed by atoms with Crippen LogP contribution in [0.25, 0.3) is 11.2 Å². The first-order chi connectivity index (χ1) is 11.9. The van der Waals surface area contributed by atoms with E-state index in [1.807, 2.05) is 31.2 Å². The molecule has 0 spiro atoms. The van der Waals surface area contributed by atoms with Crippen molar-refractivity contribution in [3.8, 4) is 5.75 Å². The third-order valence-corrected chi connectivity index (χ3v) is 4.39. The van der Waals surface area contributed by atoms with Crippen LogP contribution in [-0.4, -0.2) is 36.9 Å². The molecule has 0 saturated carbocycles. The number of benzene rings is 1. The van der Waals surface area contributed by atoms with Gasteiger partial charge in [-0.15, -0.1) is 0 Å². The zero-order valence-electron chi connectivity index (χ0n) is 13.7. The fourth-order valence-corrected chi connectivity index (χ4v) is 3.03. The maximum atomic E-state index is 12.1. The number of imidazole rings is 1. The van der Waals surface area contributed by atoms with Gasteiger partial charge in [0.15, 0.2) is 15.9 Å². The van der Waals surface area contributed by atoms with Gasteiger partial charge in [0.2, 0.25) is 0 Å². The number of aryl methyl sites for hydroxylation is 2. The molecular formula is C16H17BrN4O4. The summed E-state index contributed by atoms with van der Waals surface area (Å²) in [5.41, 5.74) is 0.417. The minimum absolute atomic E-state index is 0.0548. The summed E-state index contributed by atoms with van der Waals surface area (Å²) >= 11 is 3.27. The van der Waals surface area contributed by atoms with Crippen LogP contribution in [0.15, 0.2) is 38.6 Å². The molecule has 9 heteroatoms. The van der Waals surface area contributed by atoms with Gasteiger partial charge in [0, 0.05) is 7.05 Å². The molecule has 0 aliphatic rings. The molecule has 0 saturated heterocycles. The minimum Gasteiger partial charge on any atom is -0.491 e. The van der Waals surface area contributed by atoms with Gasteiger partial charge in [-0.25, -0.2) is 9.78 Å². The van der Waals surface area contributed by atoms with Crippen molar-refractivity contribution in [3.05, 3.63) is 55.4 Å². The van der Waals surface area contributed by atoms with Crippen molar-refractivity contribution in [2.75, 3.05) is 6.61 Å².